The quantitative estimate of drug-likeness (QED) is 0.859. The second kappa shape index (κ2) is 7.43. The number of hydrogen-bond acceptors (Lipinski definition) is 2. The van der Waals surface area contributed by atoms with Crippen molar-refractivity contribution in [3.05, 3.63) is 65.7 Å². The topological polar surface area (TPSA) is 23.6 Å². The Kier molecular flexibility index (Phi) is 5.08. The number of rotatable bonds is 4. The molecule has 1 heterocycles. The highest BCUT2D eigenvalue weighted by molar-refractivity contribution is 5.76. The Morgan fingerprint density at radius 2 is 1.71 bits per heavy atom. The van der Waals surface area contributed by atoms with Crippen molar-refractivity contribution < 1.29 is 13.6 Å². The van der Waals surface area contributed by atoms with Crippen molar-refractivity contribution in [2.45, 2.75) is 12.8 Å². The maximum absolute atomic E-state index is 13.8. The van der Waals surface area contributed by atoms with Crippen LogP contribution in [0.15, 0.2) is 48.5 Å². The van der Waals surface area contributed by atoms with Crippen molar-refractivity contribution in [1.82, 2.24) is 4.90 Å². The fourth-order valence-corrected chi connectivity index (χ4v) is 3.01. The molecule has 1 aliphatic rings. The third-order valence-corrected chi connectivity index (χ3v) is 4.34. The van der Waals surface area contributed by atoms with E-state index in [2.05, 4.69) is 0 Å². The number of halogens is 2. The zero-order valence-electron chi connectivity index (χ0n) is 13.4. The van der Waals surface area contributed by atoms with Crippen LogP contribution in [0.25, 0.3) is 0 Å². The number of benzene rings is 2. The maximum atomic E-state index is 13.8. The molecule has 126 valence electrons. The van der Waals surface area contributed by atoms with Gasteiger partial charge in [0.2, 0.25) is 5.91 Å². The molecule has 1 fully saturated rings. The van der Waals surface area contributed by atoms with Crippen LogP contribution in [-0.4, -0.2) is 37.0 Å². The first-order chi connectivity index (χ1) is 11.6. The molecular formula is C19H20F2N2O. The Morgan fingerprint density at radius 1 is 0.958 bits per heavy atom. The van der Waals surface area contributed by atoms with Crippen LogP contribution in [0.2, 0.25) is 0 Å². The van der Waals surface area contributed by atoms with E-state index in [0.29, 0.717) is 44.7 Å². The summed E-state index contributed by atoms with van der Waals surface area (Å²) < 4.78 is 27.0. The molecule has 3 rings (SSSR count). The van der Waals surface area contributed by atoms with E-state index in [1.54, 1.807) is 23.1 Å². The van der Waals surface area contributed by atoms with Crippen molar-refractivity contribution in [2.24, 2.45) is 0 Å². The van der Waals surface area contributed by atoms with E-state index in [-0.39, 0.29) is 17.5 Å². The lowest BCUT2D eigenvalue weighted by molar-refractivity contribution is -0.131. The van der Waals surface area contributed by atoms with Gasteiger partial charge in [-0.15, -0.1) is 0 Å². The lowest BCUT2D eigenvalue weighted by atomic mass is 10.1. The molecule has 24 heavy (non-hydrogen) atoms. The van der Waals surface area contributed by atoms with Gasteiger partial charge in [-0.1, -0.05) is 24.3 Å². The summed E-state index contributed by atoms with van der Waals surface area (Å²) in [5.41, 5.74) is 1.41. The Balaban J connectivity index is 1.51. The molecule has 0 aromatic heterocycles. The van der Waals surface area contributed by atoms with Gasteiger partial charge in [0.05, 0.1) is 5.69 Å². The van der Waals surface area contributed by atoms with E-state index in [9.17, 15) is 13.6 Å². The predicted octanol–water partition coefficient (Wildman–Crippen LogP) is 3.25. The molecular weight excluding hydrogens is 310 g/mol. The van der Waals surface area contributed by atoms with E-state index in [0.717, 1.165) is 5.56 Å². The molecule has 0 atom stereocenters. The van der Waals surface area contributed by atoms with Crippen molar-refractivity contribution in [2.75, 3.05) is 31.1 Å². The fourth-order valence-electron chi connectivity index (χ4n) is 3.01. The summed E-state index contributed by atoms with van der Waals surface area (Å²) in [5.74, 6) is -0.450. The number of nitrogens with zero attached hydrogens (tertiary/aromatic N) is 2. The molecule has 0 spiro atoms. The number of carbonyl (C=O) groups excluding carboxylic acids is 1. The molecule has 0 bridgehead atoms. The SMILES string of the molecule is O=C(CCc1cccc(F)c1)N1CCN(c2ccccc2F)CC1. The van der Waals surface area contributed by atoms with Gasteiger partial charge in [-0.25, -0.2) is 8.78 Å². The summed E-state index contributed by atoms with van der Waals surface area (Å²) in [5, 5.41) is 0. The fraction of sp³-hybridized carbons (Fsp3) is 0.316. The van der Waals surface area contributed by atoms with Gasteiger partial charge >= 0.3 is 0 Å². The first-order valence-corrected chi connectivity index (χ1v) is 8.15. The van der Waals surface area contributed by atoms with Crippen LogP contribution >= 0.6 is 0 Å². The highest BCUT2D eigenvalue weighted by Crippen LogP contribution is 2.20. The van der Waals surface area contributed by atoms with Gasteiger partial charge in [-0.2, -0.15) is 0 Å². The summed E-state index contributed by atoms with van der Waals surface area (Å²) in [6.07, 6.45) is 0.896. The van der Waals surface area contributed by atoms with Crippen LogP contribution in [0, 0.1) is 11.6 Å². The van der Waals surface area contributed by atoms with Crippen LogP contribution in [0.3, 0.4) is 0 Å². The van der Waals surface area contributed by atoms with Gasteiger partial charge < -0.3 is 9.80 Å². The van der Waals surface area contributed by atoms with Gasteiger partial charge in [0.15, 0.2) is 0 Å². The third kappa shape index (κ3) is 3.91. The largest absolute Gasteiger partial charge is 0.366 e. The number of piperazine rings is 1. The molecule has 0 N–H and O–H groups in total. The zero-order valence-corrected chi connectivity index (χ0v) is 13.4. The molecule has 1 aliphatic heterocycles. The number of amides is 1. The molecule has 2 aromatic carbocycles. The third-order valence-electron chi connectivity index (χ3n) is 4.34. The normalized spacial score (nSPS) is 14.8. The number of aryl methyl sites for hydroxylation is 1. The summed E-state index contributed by atoms with van der Waals surface area (Å²) in [7, 11) is 0. The molecule has 0 unspecified atom stereocenters. The minimum absolute atomic E-state index is 0.0624. The molecule has 5 heteroatoms. The highest BCUT2D eigenvalue weighted by atomic mass is 19.1. The summed E-state index contributed by atoms with van der Waals surface area (Å²) in [6.45, 7) is 2.39. The average molecular weight is 330 g/mol. The predicted molar refractivity (Wildman–Crippen MR) is 89.9 cm³/mol. The highest BCUT2D eigenvalue weighted by Gasteiger charge is 2.22. The first kappa shape index (κ1) is 16.4. The van der Waals surface area contributed by atoms with E-state index >= 15 is 0 Å². The Labute approximate surface area is 140 Å². The van der Waals surface area contributed by atoms with E-state index in [1.807, 2.05) is 17.0 Å². The van der Waals surface area contributed by atoms with Crippen molar-refractivity contribution in [1.29, 1.82) is 0 Å². The molecule has 0 aliphatic carbocycles. The van der Waals surface area contributed by atoms with Crippen molar-refractivity contribution in [3.63, 3.8) is 0 Å². The van der Waals surface area contributed by atoms with Crippen LogP contribution in [0.5, 0.6) is 0 Å². The molecule has 0 radical (unpaired) electrons. The van der Waals surface area contributed by atoms with E-state index < -0.39 is 0 Å². The average Bonchev–Trinajstić information content (AvgIpc) is 2.60. The van der Waals surface area contributed by atoms with Gasteiger partial charge in [0.1, 0.15) is 11.6 Å². The standard InChI is InChI=1S/C19H20F2N2O/c20-16-5-3-4-15(14-16)8-9-19(24)23-12-10-22(11-13-23)18-7-2-1-6-17(18)21/h1-7,14H,8-13H2. The number of anilines is 1. The van der Waals surface area contributed by atoms with Crippen LogP contribution < -0.4 is 4.90 Å². The summed E-state index contributed by atoms with van der Waals surface area (Å²) >= 11 is 0. The minimum Gasteiger partial charge on any atom is -0.366 e. The Morgan fingerprint density at radius 3 is 2.42 bits per heavy atom. The Hall–Kier alpha value is -2.43. The maximum Gasteiger partial charge on any atom is 0.223 e. The second-order valence-corrected chi connectivity index (χ2v) is 5.95. The van der Waals surface area contributed by atoms with Gasteiger partial charge in [0.25, 0.3) is 0 Å². The lowest BCUT2D eigenvalue weighted by Gasteiger charge is -2.36. The van der Waals surface area contributed by atoms with Gasteiger partial charge in [-0.05, 0) is 36.2 Å². The van der Waals surface area contributed by atoms with Crippen LogP contribution in [-0.2, 0) is 11.2 Å². The zero-order chi connectivity index (χ0) is 16.9. The van der Waals surface area contributed by atoms with E-state index in [4.69, 9.17) is 0 Å². The van der Waals surface area contributed by atoms with Gasteiger partial charge in [-0.3, -0.25) is 4.79 Å². The molecule has 3 nitrogen and oxygen atoms in total. The van der Waals surface area contributed by atoms with Crippen molar-refractivity contribution >= 4 is 11.6 Å². The molecule has 2 aromatic rings. The van der Waals surface area contributed by atoms with E-state index in [1.165, 1.54) is 18.2 Å². The lowest BCUT2D eigenvalue weighted by Crippen LogP contribution is -2.49. The monoisotopic (exact) mass is 330 g/mol. The number of para-hydroxylation sites is 1. The Bertz CT molecular complexity index is 712. The molecule has 0 saturated carbocycles. The smallest absolute Gasteiger partial charge is 0.223 e. The van der Waals surface area contributed by atoms with Gasteiger partial charge in [0, 0.05) is 32.6 Å². The molecule has 1 saturated heterocycles. The summed E-state index contributed by atoms with van der Waals surface area (Å²) in [6, 6.07) is 13.0. The first-order valence-electron chi connectivity index (χ1n) is 8.15. The molecule has 1 amide bonds. The van der Waals surface area contributed by atoms with Crippen LogP contribution in [0.4, 0.5) is 14.5 Å². The summed E-state index contributed by atoms with van der Waals surface area (Å²) in [4.78, 5) is 16.1. The van der Waals surface area contributed by atoms with Crippen LogP contribution in [0.1, 0.15) is 12.0 Å². The van der Waals surface area contributed by atoms with Crippen molar-refractivity contribution in [3.8, 4) is 0 Å². The second-order valence-electron chi connectivity index (χ2n) is 5.95. The number of hydrogen-bond donors (Lipinski definition) is 0. The minimum atomic E-state index is -0.279. The number of carbonyl (C=O) groups is 1.